The molecule has 0 spiro atoms. The van der Waals surface area contributed by atoms with E-state index in [0.29, 0.717) is 0 Å². The number of carbonyl (C=O) groups excluding carboxylic acids is 8. The average Bonchev–Trinajstić information content (AvgIpc) is 3.17. The molecule has 0 unspecified atom stereocenters. The van der Waals surface area contributed by atoms with Crippen LogP contribution in [-0.4, -0.2) is 127 Å². The van der Waals surface area contributed by atoms with E-state index in [1.54, 1.807) is 27.7 Å². The SMILES string of the molecule is C=C(CC(CC(=C)C(=O)OCC)(C(=O)OCC)C(=O)OCCOCCOCCOC(=O)C(CC(=C)C(=O)OCC)(CC(=C)C(=O)OCC)C(=O)OCC)C(=O)OCC. The highest BCUT2D eigenvalue weighted by Crippen LogP contribution is 2.38. The maximum absolute atomic E-state index is 13.6. The molecule has 58 heavy (non-hydrogen) atoms. The minimum atomic E-state index is -2.24. The van der Waals surface area contributed by atoms with Crippen LogP contribution in [0.1, 0.15) is 67.2 Å². The summed E-state index contributed by atoms with van der Waals surface area (Å²) in [5.74, 6) is -7.94. The van der Waals surface area contributed by atoms with Gasteiger partial charge in [-0.2, -0.15) is 0 Å². The normalized spacial score (nSPS) is 10.9. The van der Waals surface area contributed by atoms with Gasteiger partial charge in [0.15, 0.2) is 10.8 Å². The van der Waals surface area contributed by atoms with Gasteiger partial charge in [-0.05, 0) is 41.5 Å². The van der Waals surface area contributed by atoms with Crippen molar-refractivity contribution in [3.8, 4) is 0 Å². The Morgan fingerprint density at radius 3 is 0.759 bits per heavy atom. The molecule has 0 bridgehead atoms. The molecule has 18 nitrogen and oxygen atoms in total. The van der Waals surface area contributed by atoms with Crippen molar-refractivity contribution >= 4 is 47.8 Å². The number of carbonyl (C=O) groups is 8. The van der Waals surface area contributed by atoms with Crippen molar-refractivity contribution in [2.24, 2.45) is 10.8 Å². The first-order valence-electron chi connectivity index (χ1n) is 18.7. The highest BCUT2D eigenvalue weighted by atomic mass is 16.6. The van der Waals surface area contributed by atoms with E-state index in [0.717, 1.165) is 0 Å². The Balaban J connectivity index is 5.60. The summed E-state index contributed by atoms with van der Waals surface area (Å²) in [6, 6.07) is 0. The molecule has 0 rings (SSSR count). The van der Waals surface area contributed by atoms with E-state index in [9.17, 15) is 38.4 Å². The van der Waals surface area contributed by atoms with E-state index in [4.69, 9.17) is 47.4 Å². The Morgan fingerprint density at radius 2 is 0.534 bits per heavy atom. The molecule has 18 heteroatoms. The lowest BCUT2D eigenvalue weighted by molar-refractivity contribution is -0.176. The lowest BCUT2D eigenvalue weighted by Crippen LogP contribution is -2.44. The zero-order valence-corrected chi connectivity index (χ0v) is 34.5. The van der Waals surface area contributed by atoms with Crippen LogP contribution in [0.4, 0.5) is 0 Å². The van der Waals surface area contributed by atoms with Crippen LogP contribution in [0.3, 0.4) is 0 Å². The Morgan fingerprint density at radius 1 is 0.328 bits per heavy atom. The molecule has 0 aliphatic heterocycles. The van der Waals surface area contributed by atoms with Crippen molar-refractivity contribution in [1.29, 1.82) is 0 Å². The van der Waals surface area contributed by atoms with Crippen LogP contribution in [0.25, 0.3) is 0 Å². The van der Waals surface area contributed by atoms with Crippen molar-refractivity contribution in [2.75, 3.05) is 79.3 Å². The fourth-order valence-electron chi connectivity index (χ4n) is 5.07. The molecule has 0 aliphatic carbocycles. The van der Waals surface area contributed by atoms with Crippen LogP contribution >= 0.6 is 0 Å². The van der Waals surface area contributed by atoms with Crippen LogP contribution in [0.2, 0.25) is 0 Å². The number of hydrogen-bond acceptors (Lipinski definition) is 18. The molecule has 0 N–H and O–H groups in total. The van der Waals surface area contributed by atoms with Gasteiger partial charge >= 0.3 is 47.8 Å². The van der Waals surface area contributed by atoms with Crippen LogP contribution < -0.4 is 0 Å². The van der Waals surface area contributed by atoms with Gasteiger partial charge in [0.2, 0.25) is 0 Å². The molecule has 0 radical (unpaired) electrons. The monoisotopic (exact) mass is 826 g/mol. The molecule has 0 saturated carbocycles. The van der Waals surface area contributed by atoms with Gasteiger partial charge in [-0.25, -0.2) is 19.2 Å². The lowest BCUT2D eigenvalue weighted by atomic mass is 9.76. The minimum absolute atomic E-state index is 0.00325. The standard InChI is InChI=1S/C40H58O18/c1-11-51-31(41)27(7)23-39(35(45)55-15-5,24-28(8)32(42)52-12-2)37(47)57-21-19-49-17-18-50-20-22-58-38(48)40(36(46)56-16-6,25-29(9)33(43)53-13-3)26-30(10)34(44)54-14-4/h7-26H2,1-6H3. The second-order valence-corrected chi connectivity index (χ2v) is 12.1. The molecular weight excluding hydrogens is 768 g/mol. The second-order valence-electron chi connectivity index (χ2n) is 12.1. The van der Waals surface area contributed by atoms with Crippen LogP contribution in [0.5, 0.6) is 0 Å². The fourth-order valence-corrected chi connectivity index (χ4v) is 5.07. The predicted octanol–water partition coefficient (Wildman–Crippen LogP) is 3.24. The van der Waals surface area contributed by atoms with Gasteiger partial charge in [0.1, 0.15) is 13.2 Å². The summed E-state index contributed by atoms with van der Waals surface area (Å²) in [5.41, 5.74) is -5.49. The number of hydrogen-bond donors (Lipinski definition) is 0. The third-order valence-corrected chi connectivity index (χ3v) is 7.72. The summed E-state index contributed by atoms with van der Waals surface area (Å²) in [4.78, 5) is 103. The zero-order chi connectivity index (χ0) is 44.3. The lowest BCUT2D eigenvalue weighted by Gasteiger charge is -2.30. The van der Waals surface area contributed by atoms with Crippen molar-refractivity contribution in [2.45, 2.75) is 67.2 Å². The first kappa shape index (κ1) is 52.6. The molecule has 0 fully saturated rings. The van der Waals surface area contributed by atoms with Gasteiger partial charge in [0.25, 0.3) is 0 Å². The molecule has 0 aromatic carbocycles. The van der Waals surface area contributed by atoms with Crippen molar-refractivity contribution < 1.29 is 85.7 Å². The van der Waals surface area contributed by atoms with Crippen LogP contribution in [-0.2, 0) is 85.7 Å². The topological polar surface area (TPSA) is 229 Å². The molecule has 0 aliphatic rings. The van der Waals surface area contributed by atoms with Gasteiger partial charge in [0, 0.05) is 48.0 Å². The average molecular weight is 827 g/mol. The number of ether oxygens (including phenoxy) is 10. The van der Waals surface area contributed by atoms with E-state index in [1.165, 1.54) is 13.8 Å². The van der Waals surface area contributed by atoms with Gasteiger partial charge in [-0.15, -0.1) is 0 Å². The van der Waals surface area contributed by atoms with E-state index < -0.39 is 84.3 Å². The maximum Gasteiger partial charge on any atom is 0.333 e. The summed E-state index contributed by atoms with van der Waals surface area (Å²) in [5, 5.41) is 0. The van der Waals surface area contributed by atoms with Gasteiger partial charge in [0.05, 0.1) is 66.1 Å². The molecule has 0 atom stereocenters. The molecule has 0 aromatic rings. The fraction of sp³-hybridized carbons (Fsp3) is 0.600. The van der Waals surface area contributed by atoms with E-state index in [2.05, 4.69) is 26.3 Å². The van der Waals surface area contributed by atoms with Crippen molar-refractivity contribution in [3.63, 3.8) is 0 Å². The van der Waals surface area contributed by atoms with Gasteiger partial charge < -0.3 is 47.4 Å². The first-order chi connectivity index (χ1) is 27.5. The Labute approximate surface area is 339 Å². The third kappa shape index (κ3) is 17.0. The predicted molar refractivity (Wildman–Crippen MR) is 203 cm³/mol. The molecule has 0 aromatic heterocycles. The van der Waals surface area contributed by atoms with Gasteiger partial charge in [-0.3, -0.25) is 19.2 Å². The number of esters is 8. The Hall–Kier alpha value is -5.36. The largest absolute Gasteiger partial charge is 0.465 e. The second kappa shape index (κ2) is 28.1. The Kier molecular flexibility index (Phi) is 25.5. The van der Waals surface area contributed by atoms with Crippen molar-refractivity contribution in [1.82, 2.24) is 0 Å². The van der Waals surface area contributed by atoms with Crippen LogP contribution in [0, 0.1) is 10.8 Å². The first-order valence-corrected chi connectivity index (χ1v) is 18.7. The van der Waals surface area contributed by atoms with E-state index in [-0.39, 0.29) is 102 Å². The summed E-state index contributed by atoms with van der Waals surface area (Å²) >= 11 is 0. The van der Waals surface area contributed by atoms with E-state index in [1.807, 2.05) is 0 Å². The van der Waals surface area contributed by atoms with Crippen molar-refractivity contribution in [3.05, 3.63) is 48.6 Å². The quantitative estimate of drug-likeness (QED) is 0.0321. The number of rotatable bonds is 31. The summed E-state index contributed by atoms with van der Waals surface area (Å²) in [7, 11) is 0. The highest BCUT2D eigenvalue weighted by Gasteiger charge is 2.52. The third-order valence-electron chi connectivity index (χ3n) is 7.72. The Bertz CT molecular complexity index is 1320. The molecule has 0 saturated heterocycles. The summed E-state index contributed by atoms with van der Waals surface area (Å²) in [6.45, 7) is 22.3. The zero-order valence-electron chi connectivity index (χ0n) is 34.5. The highest BCUT2D eigenvalue weighted by molar-refractivity contribution is 6.05. The smallest absolute Gasteiger partial charge is 0.333 e. The summed E-state index contributed by atoms with van der Waals surface area (Å²) < 4.78 is 51.7. The molecule has 0 heterocycles. The molecule has 0 amide bonds. The van der Waals surface area contributed by atoms with Gasteiger partial charge in [-0.1, -0.05) is 26.3 Å². The van der Waals surface area contributed by atoms with Crippen LogP contribution in [0.15, 0.2) is 48.6 Å². The minimum Gasteiger partial charge on any atom is -0.465 e. The molecule has 326 valence electrons. The molecular formula is C40H58O18. The maximum atomic E-state index is 13.6. The summed E-state index contributed by atoms with van der Waals surface area (Å²) in [6.07, 6.45) is -2.43. The van der Waals surface area contributed by atoms with E-state index >= 15 is 0 Å².